The molecule has 1 rings (SSSR count). The van der Waals surface area contributed by atoms with Crippen LogP contribution in [0.25, 0.3) is 0 Å². The van der Waals surface area contributed by atoms with Gasteiger partial charge in [0.15, 0.2) is 5.78 Å². The number of esters is 1. The van der Waals surface area contributed by atoms with Crippen LogP contribution in [0.5, 0.6) is 0 Å². The zero-order chi connectivity index (χ0) is 12.1. The molecule has 0 fully saturated rings. The molecule has 16 heavy (non-hydrogen) atoms. The van der Waals surface area contributed by atoms with Gasteiger partial charge in [0.2, 0.25) is 0 Å². The van der Waals surface area contributed by atoms with Gasteiger partial charge < -0.3 is 10.5 Å². The number of carbonyl (C=O) groups is 2. The second kappa shape index (κ2) is 5.37. The Balaban J connectivity index is 2.69. The molecule has 0 bridgehead atoms. The monoisotopic (exact) mass is 225 g/mol. The molecule has 0 aliphatic heterocycles. The molecule has 1 aromatic carbocycles. The number of rotatable bonds is 4. The maximum atomic E-state index is 12.8. The van der Waals surface area contributed by atoms with E-state index in [4.69, 9.17) is 5.73 Å². The van der Waals surface area contributed by atoms with Crippen LogP contribution in [-0.2, 0) is 9.53 Å². The van der Waals surface area contributed by atoms with Crippen LogP contribution in [0.15, 0.2) is 24.3 Å². The molecule has 86 valence electrons. The molecule has 0 radical (unpaired) electrons. The van der Waals surface area contributed by atoms with Gasteiger partial charge in [-0.05, 0) is 12.1 Å². The van der Waals surface area contributed by atoms with Crippen LogP contribution in [0.4, 0.5) is 4.39 Å². The average molecular weight is 225 g/mol. The minimum Gasteiger partial charge on any atom is -0.468 e. The predicted molar refractivity (Wildman–Crippen MR) is 55.3 cm³/mol. The van der Waals surface area contributed by atoms with Gasteiger partial charge in [0.25, 0.3) is 0 Å². The normalized spacial score (nSPS) is 11.9. The van der Waals surface area contributed by atoms with Gasteiger partial charge in [-0.1, -0.05) is 12.1 Å². The number of methoxy groups -OCH3 is 1. The number of hydrogen-bond donors (Lipinski definition) is 1. The first-order valence-corrected chi connectivity index (χ1v) is 4.66. The molecular formula is C11H12FNO3. The second-order valence-corrected chi connectivity index (χ2v) is 3.27. The van der Waals surface area contributed by atoms with Crippen LogP contribution in [0, 0.1) is 5.82 Å². The third kappa shape index (κ3) is 3.13. The van der Waals surface area contributed by atoms with Crippen molar-refractivity contribution in [2.24, 2.45) is 5.73 Å². The lowest BCUT2D eigenvalue weighted by Crippen LogP contribution is -2.33. The van der Waals surface area contributed by atoms with Crippen molar-refractivity contribution in [2.75, 3.05) is 7.11 Å². The number of Topliss-reactive ketones (excluding diaryl/α,β-unsaturated/α-hetero) is 1. The van der Waals surface area contributed by atoms with Crippen molar-refractivity contribution in [2.45, 2.75) is 12.5 Å². The number of halogens is 1. The Hall–Kier alpha value is -1.75. The van der Waals surface area contributed by atoms with Crippen LogP contribution in [0.2, 0.25) is 0 Å². The summed E-state index contributed by atoms with van der Waals surface area (Å²) in [4.78, 5) is 22.5. The van der Waals surface area contributed by atoms with E-state index < -0.39 is 23.6 Å². The highest BCUT2D eigenvalue weighted by molar-refractivity contribution is 5.98. The maximum Gasteiger partial charge on any atom is 0.323 e. The Kier molecular flexibility index (Phi) is 4.13. The standard InChI is InChI=1S/C11H12FNO3/c1-16-11(15)9(13)6-10(14)7-3-2-4-8(12)5-7/h2-5,9H,6,13H2,1H3. The first kappa shape index (κ1) is 12.3. The van der Waals surface area contributed by atoms with Crippen LogP contribution >= 0.6 is 0 Å². The highest BCUT2D eigenvalue weighted by Crippen LogP contribution is 2.08. The minimum atomic E-state index is -1.01. The molecule has 0 spiro atoms. The predicted octanol–water partition coefficient (Wildman–Crippen LogP) is 0.899. The smallest absolute Gasteiger partial charge is 0.323 e. The third-order valence-corrected chi connectivity index (χ3v) is 2.06. The lowest BCUT2D eigenvalue weighted by Gasteiger charge is -2.07. The number of carbonyl (C=O) groups excluding carboxylic acids is 2. The summed E-state index contributed by atoms with van der Waals surface area (Å²) in [5.41, 5.74) is 5.61. The first-order chi connectivity index (χ1) is 7.54. The summed E-state index contributed by atoms with van der Waals surface area (Å²) in [6.07, 6.45) is -0.198. The van der Waals surface area contributed by atoms with Crippen LogP contribution in [0.3, 0.4) is 0 Å². The summed E-state index contributed by atoms with van der Waals surface area (Å²) in [7, 11) is 1.19. The Morgan fingerprint density at radius 3 is 2.75 bits per heavy atom. The lowest BCUT2D eigenvalue weighted by atomic mass is 10.0. The van der Waals surface area contributed by atoms with E-state index >= 15 is 0 Å². The Bertz CT molecular complexity index is 406. The quantitative estimate of drug-likeness (QED) is 0.610. The molecule has 1 aromatic rings. The van der Waals surface area contributed by atoms with Crippen molar-refractivity contribution in [3.63, 3.8) is 0 Å². The SMILES string of the molecule is COC(=O)C(N)CC(=O)c1cccc(F)c1. The van der Waals surface area contributed by atoms with Gasteiger partial charge >= 0.3 is 5.97 Å². The van der Waals surface area contributed by atoms with Crippen molar-refractivity contribution in [1.82, 2.24) is 0 Å². The van der Waals surface area contributed by atoms with Gasteiger partial charge in [-0.3, -0.25) is 9.59 Å². The van der Waals surface area contributed by atoms with E-state index in [2.05, 4.69) is 4.74 Å². The number of nitrogens with two attached hydrogens (primary N) is 1. The molecular weight excluding hydrogens is 213 g/mol. The van der Waals surface area contributed by atoms with E-state index in [0.29, 0.717) is 0 Å². The lowest BCUT2D eigenvalue weighted by molar-refractivity contribution is -0.142. The van der Waals surface area contributed by atoms with Gasteiger partial charge in [-0.2, -0.15) is 0 Å². The highest BCUT2D eigenvalue weighted by atomic mass is 19.1. The molecule has 1 unspecified atom stereocenters. The van der Waals surface area contributed by atoms with Gasteiger partial charge in [-0.25, -0.2) is 4.39 Å². The Morgan fingerprint density at radius 1 is 1.50 bits per heavy atom. The van der Waals surface area contributed by atoms with Crippen LogP contribution < -0.4 is 5.73 Å². The van der Waals surface area contributed by atoms with Gasteiger partial charge in [0, 0.05) is 12.0 Å². The zero-order valence-electron chi connectivity index (χ0n) is 8.77. The average Bonchev–Trinajstić information content (AvgIpc) is 2.27. The summed E-state index contributed by atoms with van der Waals surface area (Å²) in [6, 6.07) is 4.21. The second-order valence-electron chi connectivity index (χ2n) is 3.27. The fourth-order valence-corrected chi connectivity index (χ4v) is 1.21. The summed E-state index contributed by atoms with van der Waals surface area (Å²) in [5.74, 6) is -1.56. The zero-order valence-corrected chi connectivity index (χ0v) is 8.77. The van der Waals surface area contributed by atoms with E-state index in [9.17, 15) is 14.0 Å². The number of benzene rings is 1. The maximum absolute atomic E-state index is 12.8. The number of ketones is 1. The fraction of sp³-hybridized carbons (Fsp3) is 0.273. The summed E-state index contributed by atoms with van der Waals surface area (Å²) in [6.45, 7) is 0. The molecule has 0 aliphatic carbocycles. The minimum absolute atomic E-state index is 0.194. The Morgan fingerprint density at radius 2 is 2.19 bits per heavy atom. The summed E-state index contributed by atoms with van der Waals surface area (Å²) >= 11 is 0. The molecule has 0 saturated heterocycles. The largest absolute Gasteiger partial charge is 0.468 e. The van der Waals surface area contributed by atoms with Crippen molar-refractivity contribution < 1.29 is 18.7 Å². The molecule has 0 saturated carbocycles. The van der Waals surface area contributed by atoms with Gasteiger partial charge in [0.1, 0.15) is 11.9 Å². The molecule has 2 N–H and O–H groups in total. The molecule has 0 amide bonds. The molecule has 5 heteroatoms. The van der Waals surface area contributed by atoms with E-state index in [1.165, 1.54) is 25.3 Å². The van der Waals surface area contributed by atoms with Crippen molar-refractivity contribution in [3.8, 4) is 0 Å². The van der Waals surface area contributed by atoms with Crippen molar-refractivity contribution >= 4 is 11.8 Å². The highest BCUT2D eigenvalue weighted by Gasteiger charge is 2.19. The summed E-state index contributed by atoms with van der Waals surface area (Å²) in [5, 5.41) is 0. The topological polar surface area (TPSA) is 69.4 Å². The summed E-state index contributed by atoms with van der Waals surface area (Å²) < 4.78 is 17.2. The number of ether oxygens (including phenoxy) is 1. The van der Waals surface area contributed by atoms with E-state index in [1.54, 1.807) is 0 Å². The van der Waals surface area contributed by atoms with Crippen molar-refractivity contribution in [1.29, 1.82) is 0 Å². The van der Waals surface area contributed by atoms with E-state index in [0.717, 1.165) is 6.07 Å². The number of hydrogen-bond acceptors (Lipinski definition) is 4. The third-order valence-electron chi connectivity index (χ3n) is 2.06. The van der Waals surface area contributed by atoms with Crippen LogP contribution in [-0.4, -0.2) is 24.9 Å². The van der Waals surface area contributed by atoms with Gasteiger partial charge in [0.05, 0.1) is 7.11 Å². The van der Waals surface area contributed by atoms with Crippen LogP contribution in [0.1, 0.15) is 16.8 Å². The first-order valence-electron chi connectivity index (χ1n) is 4.66. The van der Waals surface area contributed by atoms with E-state index in [1.807, 2.05) is 0 Å². The molecule has 0 aliphatic rings. The fourth-order valence-electron chi connectivity index (χ4n) is 1.21. The van der Waals surface area contributed by atoms with Crippen molar-refractivity contribution in [3.05, 3.63) is 35.6 Å². The molecule has 1 atom stereocenters. The molecule has 4 nitrogen and oxygen atoms in total. The molecule has 0 heterocycles. The Labute approximate surface area is 92.2 Å². The van der Waals surface area contributed by atoms with E-state index in [-0.39, 0.29) is 12.0 Å². The van der Waals surface area contributed by atoms with Gasteiger partial charge in [-0.15, -0.1) is 0 Å². The molecule has 0 aromatic heterocycles.